The Morgan fingerprint density at radius 1 is 1.26 bits per heavy atom. The summed E-state index contributed by atoms with van der Waals surface area (Å²) < 4.78 is 27.4. The van der Waals surface area contributed by atoms with Crippen LogP contribution in [0.25, 0.3) is 0 Å². The average Bonchev–Trinajstić information content (AvgIpc) is 2.94. The first-order chi connectivity index (χ1) is 9.04. The Morgan fingerprint density at radius 3 is 2.42 bits per heavy atom. The van der Waals surface area contributed by atoms with Crippen molar-refractivity contribution in [2.45, 2.75) is 23.1 Å². The topological polar surface area (TPSA) is 59.1 Å². The minimum atomic E-state index is -3.52. The average molecular weight is 315 g/mol. The maximum Gasteiger partial charge on any atom is 0.251 e. The van der Waals surface area contributed by atoms with E-state index in [-0.39, 0.29) is 14.7 Å². The molecule has 1 aliphatic carbocycles. The molecule has 2 aromatic rings. The Bertz CT molecular complexity index is 687. The maximum absolute atomic E-state index is 12.2. The number of aromatic nitrogens is 1. The van der Waals surface area contributed by atoms with Crippen LogP contribution in [0.3, 0.4) is 0 Å². The summed E-state index contributed by atoms with van der Waals surface area (Å²) in [6.45, 7) is 0. The fraction of sp³-hybridized carbons (Fsp3) is 0.250. The zero-order chi connectivity index (χ0) is 13.5. The molecule has 0 atom stereocenters. The Morgan fingerprint density at radius 2 is 1.89 bits per heavy atom. The second kappa shape index (κ2) is 4.86. The minimum Gasteiger partial charge on any atom is -0.232 e. The summed E-state index contributed by atoms with van der Waals surface area (Å²) in [5.41, 5.74) is 2.41. The summed E-state index contributed by atoms with van der Waals surface area (Å²) >= 11 is 6.64. The molecule has 7 heteroatoms. The second-order valence-electron chi connectivity index (χ2n) is 4.43. The van der Waals surface area contributed by atoms with Crippen molar-refractivity contribution in [3.05, 3.63) is 46.1 Å². The van der Waals surface area contributed by atoms with Crippen LogP contribution in [0.5, 0.6) is 0 Å². The third-order valence-electron chi connectivity index (χ3n) is 3.09. The molecule has 1 aliphatic rings. The highest BCUT2D eigenvalue weighted by molar-refractivity contribution is 7.91. The predicted molar refractivity (Wildman–Crippen MR) is 75.1 cm³/mol. The van der Waals surface area contributed by atoms with Crippen molar-refractivity contribution in [2.75, 3.05) is 0 Å². The standard InChI is InChI=1S/C12H11ClN2O2S2/c13-12-14-7-11(18-12)19(16,17)15-10-5-8-3-1-2-4-9(8)6-10/h1-4,7,10,15H,5-6H2. The third kappa shape index (κ3) is 2.67. The van der Waals surface area contributed by atoms with Crippen LogP contribution in [0.4, 0.5) is 0 Å². The third-order valence-corrected chi connectivity index (χ3v) is 6.19. The van der Waals surface area contributed by atoms with Crippen LogP contribution in [0.15, 0.2) is 34.7 Å². The van der Waals surface area contributed by atoms with Crippen LogP contribution in [0.2, 0.25) is 4.47 Å². The second-order valence-corrected chi connectivity index (χ2v) is 7.98. The number of rotatable bonds is 3. The first-order valence-electron chi connectivity index (χ1n) is 5.75. The van der Waals surface area contributed by atoms with Gasteiger partial charge in [0.05, 0.1) is 6.20 Å². The molecule has 1 N–H and O–H groups in total. The van der Waals surface area contributed by atoms with Gasteiger partial charge in [-0.1, -0.05) is 47.2 Å². The van der Waals surface area contributed by atoms with E-state index >= 15 is 0 Å². The molecule has 0 bridgehead atoms. The van der Waals surface area contributed by atoms with Gasteiger partial charge in [0.25, 0.3) is 10.0 Å². The molecule has 0 spiro atoms. The molecule has 1 heterocycles. The number of nitrogens with zero attached hydrogens (tertiary/aromatic N) is 1. The minimum absolute atomic E-state index is 0.0942. The molecule has 1 aromatic carbocycles. The molecule has 4 nitrogen and oxygen atoms in total. The van der Waals surface area contributed by atoms with Gasteiger partial charge in [-0.05, 0) is 24.0 Å². The van der Waals surface area contributed by atoms with Gasteiger partial charge in [-0.2, -0.15) is 0 Å². The van der Waals surface area contributed by atoms with Crippen molar-refractivity contribution in [2.24, 2.45) is 0 Å². The number of hydrogen-bond acceptors (Lipinski definition) is 4. The fourth-order valence-electron chi connectivity index (χ4n) is 2.28. The van der Waals surface area contributed by atoms with Crippen molar-refractivity contribution < 1.29 is 8.42 Å². The zero-order valence-corrected chi connectivity index (χ0v) is 12.2. The van der Waals surface area contributed by atoms with Gasteiger partial charge >= 0.3 is 0 Å². The predicted octanol–water partition coefficient (Wildman–Crippen LogP) is 2.24. The number of fused-ring (bicyclic) bond motifs is 1. The maximum atomic E-state index is 12.2. The van der Waals surface area contributed by atoms with Crippen molar-refractivity contribution in [1.82, 2.24) is 9.71 Å². The summed E-state index contributed by atoms with van der Waals surface area (Å²) in [5.74, 6) is 0. The van der Waals surface area contributed by atoms with E-state index in [0.717, 1.165) is 24.2 Å². The number of nitrogens with one attached hydrogen (secondary N) is 1. The van der Waals surface area contributed by atoms with Gasteiger partial charge in [-0.3, -0.25) is 0 Å². The van der Waals surface area contributed by atoms with E-state index in [1.54, 1.807) is 0 Å². The fourth-order valence-corrected chi connectivity index (χ4v) is 4.83. The molecule has 0 radical (unpaired) electrons. The van der Waals surface area contributed by atoms with E-state index in [4.69, 9.17) is 11.6 Å². The van der Waals surface area contributed by atoms with Gasteiger partial charge in [0.1, 0.15) is 0 Å². The summed E-state index contributed by atoms with van der Waals surface area (Å²) in [5, 5.41) is 0. The SMILES string of the molecule is O=S(=O)(NC1Cc2ccccc2C1)c1cnc(Cl)s1. The molecular weight excluding hydrogens is 304 g/mol. The van der Waals surface area contributed by atoms with E-state index < -0.39 is 10.0 Å². The number of benzene rings is 1. The molecule has 0 amide bonds. The summed E-state index contributed by atoms with van der Waals surface area (Å²) in [6.07, 6.45) is 2.74. The van der Waals surface area contributed by atoms with Crippen molar-refractivity contribution in [3.63, 3.8) is 0 Å². The molecule has 3 rings (SSSR count). The monoisotopic (exact) mass is 314 g/mol. The Labute approximate surface area is 120 Å². The van der Waals surface area contributed by atoms with Crippen molar-refractivity contribution in [1.29, 1.82) is 0 Å². The molecule has 100 valence electrons. The van der Waals surface area contributed by atoms with E-state index in [9.17, 15) is 8.42 Å². The molecule has 0 fully saturated rings. The molecule has 19 heavy (non-hydrogen) atoms. The van der Waals surface area contributed by atoms with Gasteiger partial charge in [0, 0.05) is 6.04 Å². The zero-order valence-electron chi connectivity index (χ0n) is 9.84. The Balaban J connectivity index is 1.77. The van der Waals surface area contributed by atoms with E-state index in [0.29, 0.717) is 0 Å². The molecule has 1 aromatic heterocycles. The highest BCUT2D eigenvalue weighted by atomic mass is 35.5. The van der Waals surface area contributed by atoms with Crippen LogP contribution in [0.1, 0.15) is 11.1 Å². The normalized spacial score (nSPS) is 15.6. The smallest absolute Gasteiger partial charge is 0.232 e. The molecule has 0 saturated heterocycles. The number of sulfonamides is 1. The van der Waals surface area contributed by atoms with Gasteiger partial charge in [-0.15, -0.1) is 0 Å². The van der Waals surface area contributed by atoms with E-state index in [1.165, 1.54) is 17.3 Å². The largest absolute Gasteiger partial charge is 0.251 e. The summed E-state index contributed by atoms with van der Waals surface area (Å²) in [4.78, 5) is 3.76. The van der Waals surface area contributed by atoms with Crippen LogP contribution < -0.4 is 4.72 Å². The van der Waals surface area contributed by atoms with Crippen LogP contribution in [-0.2, 0) is 22.9 Å². The Kier molecular flexibility index (Phi) is 3.34. The van der Waals surface area contributed by atoms with Crippen molar-refractivity contribution >= 4 is 33.0 Å². The highest BCUT2D eigenvalue weighted by Gasteiger charge is 2.27. The number of thiazole rings is 1. The highest BCUT2D eigenvalue weighted by Crippen LogP contribution is 2.26. The lowest BCUT2D eigenvalue weighted by molar-refractivity contribution is 0.557. The van der Waals surface area contributed by atoms with Gasteiger partial charge in [-0.25, -0.2) is 18.1 Å². The summed E-state index contributed by atoms with van der Waals surface area (Å²) in [7, 11) is -3.52. The summed E-state index contributed by atoms with van der Waals surface area (Å²) in [6, 6.07) is 7.92. The van der Waals surface area contributed by atoms with Crippen LogP contribution in [-0.4, -0.2) is 19.4 Å². The lowest BCUT2D eigenvalue weighted by atomic mass is 10.1. The first kappa shape index (κ1) is 13.1. The van der Waals surface area contributed by atoms with Gasteiger partial charge in [0.2, 0.25) is 0 Å². The molecule has 0 saturated carbocycles. The van der Waals surface area contributed by atoms with Gasteiger partial charge in [0.15, 0.2) is 8.68 Å². The van der Waals surface area contributed by atoms with E-state index in [1.807, 2.05) is 24.3 Å². The lowest BCUT2D eigenvalue weighted by Crippen LogP contribution is -2.34. The van der Waals surface area contributed by atoms with Gasteiger partial charge < -0.3 is 0 Å². The molecular formula is C12H11ClN2O2S2. The van der Waals surface area contributed by atoms with Crippen molar-refractivity contribution in [3.8, 4) is 0 Å². The first-order valence-corrected chi connectivity index (χ1v) is 8.43. The molecule has 0 unspecified atom stereocenters. The Hall–Kier alpha value is -0.950. The quantitative estimate of drug-likeness (QED) is 0.945. The van der Waals surface area contributed by atoms with Crippen LogP contribution >= 0.6 is 22.9 Å². The number of hydrogen-bond donors (Lipinski definition) is 1. The number of halogens is 1. The molecule has 0 aliphatic heterocycles. The van der Waals surface area contributed by atoms with Crippen LogP contribution in [0, 0.1) is 0 Å². The lowest BCUT2D eigenvalue weighted by Gasteiger charge is -2.10. The van der Waals surface area contributed by atoms with E-state index in [2.05, 4.69) is 9.71 Å².